The van der Waals surface area contributed by atoms with E-state index in [-0.39, 0.29) is 28.9 Å². The highest BCUT2D eigenvalue weighted by Crippen LogP contribution is 2.38. The van der Waals surface area contributed by atoms with Crippen LogP contribution in [0.15, 0.2) is 21.7 Å². The van der Waals surface area contributed by atoms with Crippen LogP contribution in [0.25, 0.3) is 0 Å². The van der Waals surface area contributed by atoms with Crippen LogP contribution in [0.5, 0.6) is 0 Å². The lowest BCUT2D eigenvalue weighted by Gasteiger charge is -2.44. The quantitative estimate of drug-likeness (QED) is 0.652. The van der Waals surface area contributed by atoms with Crippen molar-refractivity contribution in [2.75, 3.05) is 26.2 Å². The fraction of sp³-hybridized carbons (Fsp3) is 0.700. The molecule has 2 aliphatic carbocycles. The number of hydrogen-bond acceptors (Lipinski definition) is 7. The Hall–Kier alpha value is -1.49. The number of piperazine rings is 1. The van der Waals surface area contributed by atoms with E-state index in [9.17, 15) is 18.0 Å². The van der Waals surface area contributed by atoms with E-state index in [1.165, 1.54) is 25.3 Å². The molecule has 0 aromatic carbocycles. The molecule has 3 fully saturated rings. The van der Waals surface area contributed by atoms with Crippen molar-refractivity contribution in [1.82, 2.24) is 9.80 Å². The first-order chi connectivity index (χ1) is 14.3. The molecule has 2 N–H and O–H groups in total. The van der Waals surface area contributed by atoms with Crippen molar-refractivity contribution in [3.8, 4) is 0 Å². The van der Waals surface area contributed by atoms with Gasteiger partial charge in [0.05, 0.1) is 0 Å². The van der Waals surface area contributed by atoms with Gasteiger partial charge in [-0.15, -0.1) is 11.3 Å². The van der Waals surface area contributed by atoms with Crippen LogP contribution in [0.4, 0.5) is 0 Å². The molecule has 2 heterocycles. The minimum Gasteiger partial charge on any atom is -0.367 e. The molecule has 2 amide bonds. The third-order valence-electron chi connectivity index (χ3n) is 6.82. The molecule has 0 radical (unpaired) electrons. The Kier molecular flexibility index (Phi) is 6.20. The fourth-order valence-electron chi connectivity index (χ4n) is 4.68. The van der Waals surface area contributed by atoms with Crippen molar-refractivity contribution in [2.24, 2.45) is 11.7 Å². The molecule has 30 heavy (non-hydrogen) atoms. The molecular weight excluding hydrogens is 426 g/mol. The van der Waals surface area contributed by atoms with Crippen molar-refractivity contribution >= 4 is 33.3 Å². The van der Waals surface area contributed by atoms with Gasteiger partial charge in [-0.1, -0.05) is 12.5 Å². The predicted octanol–water partition coefficient (Wildman–Crippen LogP) is 1.56. The molecule has 3 aliphatic rings. The van der Waals surface area contributed by atoms with Gasteiger partial charge in [0.1, 0.15) is 4.21 Å². The van der Waals surface area contributed by atoms with Crippen LogP contribution < -0.4 is 5.73 Å². The monoisotopic (exact) mass is 455 g/mol. The molecule has 1 aromatic heterocycles. The molecule has 1 aliphatic heterocycles. The lowest BCUT2D eigenvalue weighted by Crippen LogP contribution is -2.55. The van der Waals surface area contributed by atoms with Crippen LogP contribution in [-0.2, 0) is 23.9 Å². The number of carbonyl (C=O) groups excluding carboxylic acids is 2. The molecule has 0 unspecified atom stereocenters. The van der Waals surface area contributed by atoms with E-state index in [2.05, 4.69) is 4.90 Å². The minimum atomic E-state index is -4.07. The average molecular weight is 456 g/mol. The second kappa shape index (κ2) is 8.57. The Labute approximate surface area is 181 Å². The molecule has 0 atom stereocenters. The van der Waals surface area contributed by atoms with Crippen molar-refractivity contribution in [3.05, 3.63) is 17.5 Å². The maximum Gasteiger partial charge on any atom is 0.307 e. The van der Waals surface area contributed by atoms with E-state index in [0.29, 0.717) is 18.9 Å². The number of carbonyl (C=O) groups is 2. The standard InChI is InChI=1S/C20H29N3O5S2/c21-19(25)20(28-30(26,27)17-5-2-14-29-17)8-6-15(7-9-20)18(24)23-12-10-22(11-13-23)16-3-1-4-16/h2,5,14-16H,1,3-4,6-13H2,(H2,21,25). The number of rotatable bonds is 6. The molecule has 0 spiro atoms. The maximum absolute atomic E-state index is 13.0. The van der Waals surface area contributed by atoms with Crippen LogP contribution in [0.1, 0.15) is 44.9 Å². The number of nitrogens with zero attached hydrogens (tertiary/aromatic N) is 2. The molecule has 1 aromatic rings. The second-order valence-electron chi connectivity index (χ2n) is 8.55. The van der Waals surface area contributed by atoms with E-state index < -0.39 is 21.6 Å². The Morgan fingerprint density at radius 3 is 2.27 bits per heavy atom. The summed E-state index contributed by atoms with van der Waals surface area (Å²) in [5, 5.41) is 1.63. The zero-order chi connectivity index (χ0) is 21.4. The van der Waals surface area contributed by atoms with Gasteiger partial charge < -0.3 is 10.6 Å². The largest absolute Gasteiger partial charge is 0.367 e. The third kappa shape index (κ3) is 4.28. The lowest BCUT2D eigenvalue weighted by atomic mass is 9.78. The SMILES string of the molecule is NC(=O)C1(OS(=O)(=O)c2cccs2)CCC(C(=O)N2CCN(C3CCC3)CC2)CC1. The van der Waals surface area contributed by atoms with Crippen molar-refractivity contribution in [2.45, 2.75) is 60.8 Å². The third-order valence-corrected chi connectivity index (χ3v) is 9.55. The Morgan fingerprint density at radius 2 is 1.77 bits per heavy atom. The molecule has 166 valence electrons. The molecule has 4 rings (SSSR count). The number of nitrogens with two attached hydrogens (primary N) is 1. The highest BCUT2D eigenvalue weighted by Gasteiger charge is 2.47. The first-order valence-corrected chi connectivity index (χ1v) is 12.9. The summed E-state index contributed by atoms with van der Waals surface area (Å²) in [5.41, 5.74) is 3.98. The smallest absolute Gasteiger partial charge is 0.307 e. The van der Waals surface area contributed by atoms with Crippen LogP contribution in [0.3, 0.4) is 0 Å². The van der Waals surface area contributed by atoms with Gasteiger partial charge in [0.2, 0.25) is 5.91 Å². The Morgan fingerprint density at radius 1 is 1.10 bits per heavy atom. The number of hydrogen-bond donors (Lipinski definition) is 1. The van der Waals surface area contributed by atoms with E-state index in [1.54, 1.807) is 11.4 Å². The molecule has 10 heteroatoms. The van der Waals surface area contributed by atoms with Crippen molar-refractivity contribution < 1.29 is 22.2 Å². The molecular formula is C20H29N3O5S2. The zero-order valence-corrected chi connectivity index (χ0v) is 18.6. The van der Waals surface area contributed by atoms with Crippen LogP contribution in [0.2, 0.25) is 0 Å². The molecule has 8 nitrogen and oxygen atoms in total. The average Bonchev–Trinajstić information content (AvgIpc) is 3.23. The van der Waals surface area contributed by atoms with E-state index in [4.69, 9.17) is 9.92 Å². The van der Waals surface area contributed by atoms with Gasteiger partial charge in [0.15, 0.2) is 5.60 Å². The summed E-state index contributed by atoms with van der Waals surface area (Å²) < 4.78 is 30.5. The van der Waals surface area contributed by atoms with Crippen molar-refractivity contribution in [1.29, 1.82) is 0 Å². The van der Waals surface area contributed by atoms with E-state index in [0.717, 1.165) is 37.5 Å². The lowest BCUT2D eigenvalue weighted by molar-refractivity contribution is -0.145. The first-order valence-electron chi connectivity index (χ1n) is 10.6. The first kappa shape index (κ1) is 21.7. The van der Waals surface area contributed by atoms with Gasteiger partial charge in [0.25, 0.3) is 5.91 Å². The summed E-state index contributed by atoms with van der Waals surface area (Å²) in [6.45, 7) is 3.29. The summed E-state index contributed by atoms with van der Waals surface area (Å²) in [5.74, 6) is -0.911. The van der Waals surface area contributed by atoms with Gasteiger partial charge in [-0.2, -0.15) is 8.42 Å². The summed E-state index contributed by atoms with van der Waals surface area (Å²) in [6.07, 6.45) is 4.88. The number of thiophene rings is 1. The van der Waals surface area contributed by atoms with Crippen LogP contribution >= 0.6 is 11.3 Å². The number of primary amides is 1. The molecule has 0 bridgehead atoms. The van der Waals surface area contributed by atoms with Crippen molar-refractivity contribution in [3.63, 3.8) is 0 Å². The summed E-state index contributed by atoms with van der Waals surface area (Å²) in [4.78, 5) is 29.6. The Balaban J connectivity index is 1.35. The van der Waals surface area contributed by atoms with E-state index >= 15 is 0 Å². The van der Waals surface area contributed by atoms with Gasteiger partial charge in [-0.3, -0.25) is 14.5 Å². The molecule has 1 saturated heterocycles. The normalized spacial score (nSPS) is 28.8. The predicted molar refractivity (Wildman–Crippen MR) is 112 cm³/mol. The van der Waals surface area contributed by atoms with Crippen LogP contribution in [-0.4, -0.2) is 67.9 Å². The summed E-state index contributed by atoms with van der Waals surface area (Å²) in [7, 11) is -4.07. The van der Waals surface area contributed by atoms with E-state index in [1.807, 2.05) is 4.90 Å². The van der Waals surface area contributed by atoms with Gasteiger partial charge in [-0.05, 0) is 50.0 Å². The highest BCUT2D eigenvalue weighted by molar-refractivity contribution is 7.89. The topological polar surface area (TPSA) is 110 Å². The van der Waals surface area contributed by atoms with Gasteiger partial charge in [0, 0.05) is 38.1 Å². The Bertz CT molecular complexity index is 866. The second-order valence-corrected chi connectivity index (χ2v) is 11.3. The summed E-state index contributed by atoms with van der Waals surface area (Å²) in [6, 6.07) is 3.74. The minimum absolute atomic E-state index is 0.0469. The van der Waals surface area contributed by atoms with Gasteiger partial charge >= 0.3 is 10.1 Å². The van der Waals surface area contributed by atoms with Crippen LogP contribution in [0, 0.1) is 5.92 Å². The number of amides is 2. The zero-order valence-electron chi connectivity index (χ0n) is 17.0. The molecule has 2 saturated carbocycles. The fourth-order valence-corrected chi connectivity index (χ4v) is 6.86. The highest BCUT2D eigenvalue weighted by atomic mass is 32.3. The summed E-state index contributed by atoms with van der Waals surface area (Å²) >= 11 is 1.03. The maximum atomic E-state index is 13.0. The van der Waals surface area contributed by atoms with Gasteiger partial charge in [-0.25, -0.2) is 4.18 Å².